The minimum atomic E-state index is -0.423. The summed E-state index contributed by atoms with van der Waals surface area (Å²) < 4.78 is 13.6. The first-order valence-electron chi connectivity index (χ1n) is 25.6. The minimum Gasteiger partial charge on any atom is -0.371 e. The quantitative estimate of drug-likeness (QED) is 0.142. The minimum absolute atomic E-state index is 0.210. The van der Waals surface area contributed by atoms with E-state index >= 15 is 0 Å². The van der Waals surface area contributed by atoms with Crippen LogP contribution in [-0.2, 0) is 20.7 Å². The number of rotatable bonds is 8. The van der Waals surface area contributed by atoms with Crippen LogP contribution in [0, 0.1) is 0 Å². The van der Waals surface area contributed by atoms with Gasteiger partial charge in [0.15, 0.2) is 0 Å². The summed E-state index contributed by atoms with van der Waals surface area (Å²) in [6.07, 6.45) is 8.80. The third kappa shape index (κ3) is 6.02. The number of methoxy groups -OCH3 is 2. The maximum atomic E-state index is 6.81. The zero-order valence-corrected chi connectivity index (χ0v) is 40.8. The number of nitrogens with zero attached hydrogens (tertiary/aromatic N) is 2. The topological polar surface area (TPSA) is 24.9 Å². The molecule has 0 aromatic heterocycles. The molecule has 4 nitrogen and oxygen atoms in total. The van der Waals surface area contributed by atoms with Gasteiger partial charge in [-0.3, -0.25) is 0 Å². The molecule has 4 atom stereocenters. The lowest BCUT2D eigenvalue weighted by Gasteiger charge is -2.50. The van der Waals surface area contributed by atoms with Gasteiger partial charge >= 0.3 is 0 Å². The van der Waals surface area contributed by atoms with Gasteiger partial charge < -0.3 is 19.3 Å². The Morgan fingerprint density at radius 2 is 0.686 bits per heavy atom. The van der Waals surface area contributed by atoms with Crippen LogP contribution in [0.25, 0.3) is 66.1 Å². The molecule has 0 bridgehead atoms. The van der Waals surface area contributed by atoms with Gasteiger partial charge in [-0.05, 0) is 166 Å². The molecule has 13 rings (SSSR count). The number of benzene rings is 9. The second kappa shape index (κ2) is 16.3. The van der Waals surface area contributed by atoms with Crippen LogP contribution in [0.4, 0.5) is 22.7 Å². The van der Waals surface area contributed by atoms with E-state index in [2.05, 4.69) is 218 Å². The number of fused-ring (bicyclic) bond motifs is 8. The Labute approximate surface area is 413 Å². The third-order valence-corrected chi connectivity index (χ3v) is 17.6. The van der Waals surface area contributed by atoms with Crippen molar-refractivity contribution >= 4 is 44.3 Å². The molecule has 4 aliphatic rings. The lowest BCUT2D eigenvalue weighted by Crippen LogP contribution is -2.57. The Hall–Kier alpha value is -6.98. The summed E-state index contributed by atoms with van der Waals surface area (Å²) in [5.41, 5.74) is 16.0. The fraction of sp³-hybridized carbons (Fsp3) is 0.242. The molecule has 2 fully saturated rings. The molecule has 0 saturated heterocycles. The van der Waals surface area contributed by atoms with Crippen molar-refractivity contribution in [1.29, 1.82) is 0 Å². The van der Waals surface area contributed by atoms with E-state index in [0.717, 1.165) is 38.5 Å². The molecule has 2 aliphatic heterocycles. The Kier molecular flexibility index (Phi) is 10.0. The van der Waals surface area contributed by atoms with Crippen LogP contribution in [0.2, 0.25) is 0 Å². The molecule has 346 valence electrons. The molecule has 2 aliphatic carbocycles. The Morgan fingerprint density at radius 1 is 0.343 bits per heavy atom. The van der Waals surface area contributed by atoms with E-state index in [1.807, 2.05) is 14.2 Å². The first kappa shape index (κ1) is 43.1. The third-order valence-electron chi connectivity index (χ3n) is 17.6. The molecule has 4 unspecified atom stereocenters. The van der Waals surface area contributed by atoms with Gasteiger partial charge in [-0.1, -0.05) is 159 Å². The summed E-state index contributed by atoms with van der Waals surface area (Å²) in [5.74, 6) is 0. The lowest BCUT2D eigenvalue weighted by atomic mass is 9.68. The Morgan fingerprint density at radius 3 is 1.07 bits per heavy atom. The van der Waals surface area contributed by atoms with Crippen molar-refractivity contribution in [2.24, 2.45) is 0 Å². The fourth-order valence-corrected chi connectivity index (χ4v) is 14.3. The molecule has 0 radical (unpaired) electrons. The van der Waals surface area contributed by atoms with Crippen molar-refractivity contribution in [2.45, 2.75) is 87.5 Å². The van der Waals surface area contributed by atoms with Gasteiger partial charge in [-0.25, -0.2) is 0 Å². The highest BCUT2D eigenvalue weighted by atomic mass is 16.5. The standard InChI is InChI=1S/C66H60N2O2/c1-63-37-17-19-39-65(63,69-3)57-43-49(31-35-59(57)67(63)51-25-13-7-14-26-51)47-29-33-53-55(41-47)61(45-21-9-5-10-22-45)54-34-30-48(42-56(54)62(53)46-23-11-6-12-24-46)50-32-36-60-58(44-50)66(70-4)40-20-18-38-64(66,2)68(60)52-27-15-8-16-28-52/h5-16,21-36,41-44H,17-20,37-40H2,1-4H3. The van der Waals surface area contributed by atoms with Crippen molar-refractivity contribution < 1.29 is 9.47 Å². The van der Waals surface area contributed by atoms with Gasteiger partial charge in [0, 0.05) is 48.1 Å². The monoisotopic (exact) mass is 912 g/mol. The van der Waals surface area contributed by atoms with E-state index < -0.39 is 11.2 Å². The number of ether oxygens (including phenoxy) is 2. The maximum absolute atomic E-state index is 6.81. The first-order valence-corrected chi connectivity index (χ1v) is 25.6. The van der Waals surface area contributed by atoms with Gasteiger partial charge in [0.05, 0.1) is 11.1 Å². The molecule has 9 aromatic carbocycles. The number of para-hydroxylation sites is 2. The van der Waals surface area contributed by atoms with Crippen molar-refractivity contribution in [1.82, 2.24) is 0 Å². The van der Waals surface area contributed by atoms with E-state index in [4.69, 9.17) is 9.47 Å². The summed E-state index contributed by atoms with van der Waals surface area (Å²) >= 11 is 0. The predicted octanol–water partition coefficient (Wildman–Crippen LogP) is 17.3. The lowest BCUT2D eigenvalue weighted by molar-refractivity contribution is -0.0872. The van der Waals surface area contributed by atoms with E-state index in [0.29, 0.717) is 0 Å². The smallest absolute Gasteiger partial charge is 0.118 e. The number of hydrogen-bond donors (Lipinski definition) is 0. The van der Waals surface area contributed by atoms with E-state index in [1.165, 1.54) is 113 Å². The second-order valence-corrected chi connectivity index (χ2v) is 20.8. The van der Waals surface area contributed by atoms with Crippen LogP contribution >= 0.6 is 0 Å². The summed E-state index contributed by atoms with van der Waals surface area (Å²) in [4.78, 5) is 5.17. The van der Waals surface area contributed by atoms with Crippen LogP contribution in [-0.4, -0.2) is 25.3 Å². The van der Waals surface area contributed by atoms with Gasteiger partial charge in [-0.2, -0.15) is 0 Å². The van der Waals surface area contributed by atoms with Crippen LogP contribution in [0.3, 0.4) is 0 Å². The molecule has 0 N–H and O–H groups in total. The highest BCUT2D eigenvalue weighted by molar-refractivity contribution is 6.22. The van der Waals surface area contributed by atoms with Gasteiger partial charge in [-0.15, -0.1) is 0 Å². The first-order chi connectivity index (χ1) is 34.3. The Balaban J connectivity index is 1.01. The molecular formula is C66H60N2O2. The summed E-state index contributed by atoms with van der Waals surface area (Å²) in [6.45, 7) is 4.86. The van der Waals surface area contributed by atoms with E-state index in [9.17, 15) is 0 Å². The zero-order valence-electron chi connectivity index (χ0n) is 40.8. The number of anilines is 4. The molecule has 4 heteroatoms. The van der Waals surface area contributed by atoms with Crippen LogP contribution in [0.1, 0.15) is 76.3 Å². The molecule has 9 aromatic rings. The van der Waals surface area contributed by atoms with Crippen molar-refractivity contribution in [2.75, 3.05) is 24.0 Å². The Bertz CT molecular complexity index is 3230. The molecular weight excluding hydrogens is 853 g/mol. The highest BCUT2D eigenvalue weighted by Gasteiger charge is 2.62. The summed E-state index contributed by atoms with van der Waals surface area (Å²) in [7, 11) is 3.87. The van der Waals surface area contributed by atoms with Gasteiger partial charge in [0.1, 0.15) is 11.2 Å². The summed E-state index contributed by atoms with van der Waals surface area (Å²) in [5, 5.41) is 4.98. The van der Waals surface area contributed by atoms with E-state index in [1.54, 1.807) is 0 Å². The van der Waals surface area contributed by atoms with Crippen molar-refractivity contribution in [3.63, 3.8) is 0 Å². The SMILES string of the molecule is COC12CCCCC1(C)N(c1ccccc1)c1ccc(-c3ccc4c(-c5ccccc5)c5cc(-c6ccc7c(c6)C6(OC)CCCCC6(C)N7c6ccccc6)ccc5c(-c5ccccc5)c4c3)cc12. The largest absolute Gasteiger partial charge is 0.371 e. The number of hydrogen-bond acceptors (Lipinski definition) is 4. The molecule has 2 heterocycles. The maximum Gasteiger partial charge on any atom is 0.118 e. The molecule has 0 spiro atoms. The molecule has 0 amide bonds. The van der Waals surface area contributed by atoms with Crippen molar-refractivity contribution in [3.05, 3.63) is 205 Å². The average molecular weight is 913 g/mol. The average Bonchev–Trinajstić information content (AvgIpc) is 3.80. The predicted molar refractivity (Wildman–Crippen MR) is 291 cm³/mol. The highest BCUT2D eigenvalue weighted by Crippen LogP contribution is 2.63. The van der Waals surface area contributed by atoms with Crippen LogP contribution < -0.4 is 9.80 Å². The zero-order chi connectivity index (χ0) is 47.2. The summed E-state index contributed by atoms with van der Waals surface area (Å²) in [6, 6.07) is 72.7. The molecule has 2 saturated carbocycles. The van der Waals surface area contributed by atoms with Gasteiger partial charge in [0.2, 0.25) is 0 Å². The van der Waals surface area contributed by atoms with Crippen LogP contribution in [0.15, 0.2) is 194 Å². The second-order valence-electron chi connectivity index (χ2n) is 20.8. The van der Waals surface area contributed by atoms with Gasteiger partial charge in [0.25, 0.3) is 0 Å². The molecule has 70 heavy (non-hydrogen) atoms. The van der Waals surface area contributed by atoms with Crippen LogP contribution in [0.5, 0.6) is 0 Å². The van der Waals surface area contributed by atoms with Crippen molar-refractivity contribution in [3.8, 4) is 44.5 Å². The van der Waals surface area contributed by atoms with E-state index in [-0.39, 0.29) is 11.1 Å². The normalized spacial score (nSPS) is 23.5. The fourth-order valence-electron chi connectivity index (χ4n) is 14.3.